The SMILES string of the molecule is CC(C)(C)[S+]([O-])NC1(C(F)F)CC2CCC(C1)N2C(=O)OCc1ccccc1. The molecule has 2 fully saturated rings. The summed E-state index contributed by atoms with van der Waals surface area (Å²) in [4.78, 5) is 14.2. The van der Waals surface area contributed by atoms with Crippen LogP contribution in [0.15, 0.2) is 30.3 Å². The summed E-state index contributed by atoms with van der Waals surface area (Å²) >= 11 is -1.61. The van der Waals surface area contributed by atoms with E-state index in [9.17, 15) is 18.1 Å². The van der Waals surface area contributed by atoms with Crippen molar-refractivity contribution in [2.45, 2.75) is 81.9 Å². The van der Waals surface area contributed by atoms with Gasteiger partial charge in [0, 0.05) is 23.4 Å². The van der Waals surface area contributed by atoms with Gasteiger partial charge < -0.3 is 14.2 Å². The third-order valence-corrected chi connectivity index (χ3v) is 7.21. The summed E-state index contributed by atoms with van der Waals surface area (Å²) in [5.41, 5.74) is -0.662. The zero-order valence-corrected chi connectivity index (χ0v) is 17.3. The lowest BCUT2D eigenvalue weighted by atomic mass is 9.84. The van der Waals surface area contributed by atoms with Crippen LogP contribution in [0.5, 0.6) is 0 Å². The van der Waals surface area contributed by atoms with Crippen molar-refractivity contribution < 1.29 is 22.9 Å². The second-order valence-corrected chi connectivity index (χ2v) is 10.6. The highest BCUT2D eigenvalue weighted by atomic mass is 32.2. The molecule has 3 atom stereocenters. The Morgan fingerprint density at radius 2 is 1.86 bits per heavy atom. The Labute approximate surface area is 168 Å². The normalized spacial score (nSPS) is 28.5. The van der Waals surface area contributed by atoms with E-state index in [2.05, 4.69) is 4.72 Å². The summed E-state index contributed by atoms with van der Waals surface area (Å²) in [6.07, 6.45) is -1.67. The number of rotatable bonds is 5. The van der Waals surface area contributed by atoms with Gasteiger partial charge in [0.2, 0.25) is 0 Å². The molecule has 3 unspecified atom stereocenters. The topological polar surface area (TPSA) is 64.6 Å². The first-order valence-electron chi connectivity index (χ1n) is 9.59. The number of hydrogen-bond acceptors (Lipinski definition) is 4. The molecule has 2 saturated heterocycles. The Morgan fingerprint density at radius 3 is 2.36 bits per heavy atom. The average Bonchev–Trinajstić information content (AvgIpc) is 2.91. The molecule has 1 aromatic rings. The van der Waals surface area contributed by atoms with Crippen molar-refractivity contribution in [2.75, 3.05) is 0 Å². The minimum atomic E-state index is -2.66. The van der Waals surface area contributed by atoms with Gasteiger partial charge in [-0.05, 0) is 52.0 Å². The summed E-state index contributed by atoms with van der Waals surface area (Å²) in [5, 5.41) is 0. The third-order valence-electron chi connectivity index (χ3n) is 5.51. The van der Waals surface area contributed by atoms with Crippen molar-refractivity contribution in [3.63, 3.8) is 0 Å². The number of nitrogens with one attached hydrogen (secondary N) is 1. The predicted octanol–water partition coefficient (Wildman–Crippen LogP) is 4.01. The molecule has 0 spiro atoms. The molecule has 0 saturated carbocycles. The zero-order valence-electron chi connectivity index (χ0n) is 16.5. The van der Waals surface area contributed by atoms with E-state index in [4.69, 9.17) is 4.74 Å². The molecule has 8 heteroatoms. The Bertz CT molecular complexity index is 670. The lowest BCUT2D eigenvalue weighted by Gasteiger charge is -2.46. The van der Waals surface area contributed by atoms with Crippen LogP contribution >= 0.6 is 0 Å². The molecule has 2 heterocycles. The molecule has 0 aromatic heterocycles. The first-order valence-corrected chi connectivity index (χ1v) is 10.7. The first kappa shape index (κ1) is 21.3. The standard InChI is InChI=1S/C20H28F2N2O3S/c1-19(2,3)28(26)23-20(17(21)22)11-15-9-10-16(12-20)24(15)18(25)27-13-14-7-5-4-6-8-14/h4-8,15-17,23H,9-13H2,1-3H3. The quantitative estimate of drug-likeness (QED) is 0.740. The fourth-order valence-electron chi connectivity index (χ4n) is 4.02. The van der Waals surface area contributed by atoms with Crippen molar-refractivity contribution in [2.24, 2.45) is 0 Å². The largest absolute Gasteiger partial charge is 0.598 e. The smallest absolute Gasteiger partial charge is 0.410 e. The van der Waals surface area contributed by atoms with Gasteiger partial charge in [0.25, 0.3) is 6.43 Å². The molecule has 28 heavy (non-hydrogen) atoms. The van der Waals surface area contributed by atoms with Crippen molar-refractivity contribution in [3.05, 3.63) is 35.9 Å². The van der Waals surface area contributed by atoms with Crippen LogP contribution in [-0.4, -0.2) is 44.3 Å². The van der Waals surface area contributed by atoms with E-state index in [1.807, 2.05) is 30.3 Å². The van der Waals surface area contributed by atoms with Gasteiger partial charge >= 0.3 is 6.09 Å². The number of hydrogen-bond donors (Lipinski definition) is 1. The van der Waals surface area contributed by atoms with Crippen LogP contribution in [0.25, 0.3) is 0 Å². The molecule has 1 amide bonds. The van der Waals surface area contributed by atoms with Gasteiger partial charge in [0.05, 0.1) is 0 Å². The number of piperidine rings is 1. The summed E-state index contributed by atoms with van der Waals surface area (Å²) < 4.78 is 48.2. The summed E-state index contributed by atoms with van der Waals surface area (Å²) in [5.74, 6) is 0. The molecule has 0 radical (unpaired) electrons. The minimum Gasteiger partial charge on any atom is -0.598 e. The summed E-state index contributed by atoms with van der Waals surface area (Å²) in [6, 6.07) is 8.68. The van der Waals surface area contributed by atoms with Crippen LogP contribution in [0.2, 0.25) is 0 Å². The molecule has 5 nitrogen and oxygen atoms in total. The predicted molar refractivity (Wildman–Crippen MR) is 104 cm³/mol. The lowest BCUT2D eigenvalue weighted by Crippen LogP contribution is -2.65. The second kappa shape index (κ2) is 8.16. The number of amides is 1. The highest BCUT2D eigenvalue weighted by molar-refractivity contribution is 7.90. The van der Waals surface area contributed by atoms with Gasteiger partial charge in [0.15, 0.2) is 0 Å². The van der Waals surface area contributed by atoms with Gasteiger partial charge in [-0.25, -0.2) is 13.6 Å². The Morgan fingerprint density at radius 1 is 1.29 bits per heavy atom. The maximum absolute atomic E-state index is 14.1. The van der Waals surface area contributed by atoms with Crippen molar-refractivity contribution in [1.29, 1.82) is 0 Å². The number of ether oxygens (including phenoxy) is 1. The van der Waals surface area contributed by atoms with Gasteiger partial charge in [-0.3, -0.25) is 0 Å². The van der Waals surface area contributed by atoms with Crippen LogP contribution in [0, 0.1) is 0 Å². The molecule has 2 aliphatic heterocycles. The van der Waals surface area contributed by atoms with Crippen LogP contribution in [0.3, 0.4) is 0 Å². The van der Waals surface area contributed by atoms with E-state index in [0.717, 1.165) is 5.56 Å². The summed E-state index contributed by atoms with van der Waals surface area (Å²) in [6.45, 7) is 5.40. The fourth-order valence-corrected chi connectivity index (χ4v) is 4.95. The van der Waals surface area contributed by atoms with Crippen molar-refractivity contribution in [1.82, 2.24) is 9.62 Å². The number of nitrogens with zero attached hydrogens (tertiary/aromatic N) is 1. The van der Waals surface area contributed by atoms with Gasteiger partial charge in [0.1, 0.15) is 16.9 Å². The molecular weight excluding hydrogens is 386 g/mol. The van der Waals surface area contributed by atoms with E-state index in [-0.39, 0.29) is 31.5 Å². The molecule has 1 aromatic carbocycles. The fraction of sp³-hybridized carbons (Fsp3) is 0.650. The monoisotopic (exact) mass is 414 g/mol. The molecule has 2 aliphatic rings. The molecule has 0 aliphatic carbocycles. The first-order chi connectivity index (χ1) is 13.1. The minimum absolute atomic E-state index is 0.0728. The number of halogens is 2. The third kappa shape index (κ3) is 4.44. The van der Waals surface area contributed by atoms with Crippen LogP contribution < -0.4 is 4.72 Å². The van der Waals surface area contributed by atoms with Gasteiger partial charge in [-0.1, -0.05) is 30.3 Å². The van der Waals surface area contributed by atoms with Crippen LogP contribution in [-0.2, 0) is 22.7 Å². The lowest BCUT2D eigenvalue weighted by molar-refractivity contribution is -0.0243. The Balaban J connectivity index is 1.68. The second-order valence-electron chi connectivity index (χ2n) is 8.68. The Kier molecular flexibility index (Phi) is 6.22. The molecule has 2 bridgehead atoms. The number of benzene rings is 1. The number of carbonyl (C=O) groups is 1. The van der Waals surface area contributed by atoms with Crippen LogP contribution in [0.4, 0.5) is 13.6 Å². The average molecular weight is 415 g/mol. The zero-order chi connectivity index (χ0) is 20.5. The highest BCUT2D eigenvalue weighted by Crippen LogP contribution is 2.44. The molecule has 1 N–H and O–H groups in total. The van der Waals surface area contributed by atoms with Gasteiger partial charge in [-0.2, -0.15) is 0 Å². The maximum Gasteiger partial charge on any atom is 0.410 e. The molecular formula is C20H28F2N2O3S. The van der Waals surface area contributed by atoms with E-state index >= 15 is 0 Å². The molecule has 3 rings (SSSR count). The van der Waals surface area contributed by atoms with E-state index < -0.39 is 34.2 Å². The number of carbonyl (C=O) groups excluding carboxylic acids is 1. The number of fused-ring (bicyclic) bond motifs is 2. The van der Waals surface area contributed by atoms with E-state index in [0.29, 0.717) is 12.8 Å². The van der Waals surface area contributed by atoms with Crippen molar-refractivity contribution in [3.8, 4) is 0 Å². The van der Waals surface area contributed by atoms with Crippen LogP contribution in [0.1, 0.15) is 52.0 Å². The highest BCUT2D eigenvalue weighted by Gasteiger charge is 2.57. The maximum atomic E-state index is 14.1. The van der Waals surface area contributed by atoms with E-state index in [1.54, 1.807) is 25.7 Å². The Hall–Kier alpha value is -1.38. The summed E-state index contributed by atoms with van der Waals surface area (Å²) in [7, 11) is 0. The number of alkyl halides is 2. The van der Waals surface area contributed by atoms with Gasteiger partial charge in [-0.15, -0.1) is 4.72 Å². The molecule has 156 valence electrons. The van der Waals surface area contributed by atoms with Crippen molar-refractivity contribution >= 4 is 17.5 Å². The van der Waals surface area contributed by atoms with E-state index in [1.165, 1.54) is 0 Å².